The quantitative estimate of drug-likeness (QED) is 0.746. The van der Waals surface area contributed by atoms with Crippen molar-refractivity contribution in [2.24, 2.45) is 0 Å². The van der Waals surface area contributed by atoms with Crippen LogP contribution in [0.1, 0.15) is 22.8 Å². The fourth-order valence-corrected chi connectivity index (χ4v) is 4.01. The molecule has 140 valence electrons. The number of fused-ring (bicyclic) bond motifs is 1. The maximum Gasteiger partial charge on any atom is 0.339 e. The fourth-order valence-electron chi connectivity index (χ4n) is 3.83. The summed E-state index contributed by atoms with van der Waals surface area (Å²) in [5, 5.41) is 0.700. The molecule has 27 heavy (non-hydrogen) atoms. The highest BCUT2D eigenvalue weighted by atomic mass is 35.5. The summed E-state index contributed by atoms with van der Waals surface area (Å²) in [4.78, 5) is 29.5. The largest absolute Gasteiger partial charge is 0.445 e. The third-order valence-electron chi connectivity index (χ3n) is 5.28. The van der Waals surface area contributed by atoms with Gasteiger partial charge >= 0.3 is 5.97 Å². The van der Waals surface area contributed by atoms with Crippen molar-refractivity contribution in [1.29, 1.82) is 0 Å². The Kier molecular flexibility index (Phi) is 4.56. The molecule has 0 radical (unpaired) electrons. The van der Waals surface area contributed by atoms with Gasteiger partial charge in [0.05, 0.1) is 5.56 Å². The van der Waals surface area contributed by atoms with Gasteiger partial charge in [-0.3, -0.25) is 4.79 Å². The van der Waals surface area contributed by atoms with Crippen LogP contribution in [0.4, 0.5) is 5.69 Å². The first-order valence-corrected chi connectivity index (χ1v) is 9.45. The Morgan fingerprint density at radius 1 is 1.07 bits per heavy atom. The van der Waals surface area contributed by atoms with Gasteiger partial charge in [0, 0.05) is 43.3 Å². The van der Waals surface area contributed by atoms with Crippen LogP contribution >= 0.6 is 11.6 Å². The number of nitrogens with zero attached hydrogens (tertiary/aromatic N) is 2. The molecule has 0 N–H and O–H groups in total. The summed E-state index contributed by atoms with van der Waals surface area (Å²) in [6.07, 6.45) is 0.405. The number of cyclic esters (lactones) is 1. The number of hydrogen-bond donors (Lipinski definition) is 0. The van der Waals surface area contributed by atoms with Gasteiger partial charge in [0.25, 0.3) is 5.91 Å². The number of carbonyl (C=O) groups is 2. The summed E-state index contributed by atoms with van der Waals surface area (Å²) >= 11 is 6.08. The minimum absolute atomic E-state index is 0.129. The summed E-state index contributed by atoms with van der Waals surface area (Å²) in [7, 11) is 0. The van der Waals surface area contributed by atoms with Gasteiger partial charge in [-0.2, -0.15) is 0 Å². The van der Waals surface area contributed by atoms with Crippen molar-refractivity contribution in [3.63, 3.8) is 0 Å². The van der Waals surface area contributed by atoms with E-state index in [4.69, 9.17) is 16.3 Å². The molecule has 1 amide bonds. The van der Waals surface area contributed by atoms with E-state index in [0.29, 0.717) is 43.2 Å². The molecule has 0 bridgehead atoms. The highest BCUT2D eigenvalue weighted by Crippen LogP contribution is 2.30. The van der Waals surface area contributed by atoms with Gasteiger partial charge in [-0.1, -0.05) is 35.9 Å². The summed E-state index contributed by atoms with van der Waals surface area (Å²) in [5.74, 6) is -0.554. The standard InChI is InChI=1S/C21H21ClN2O3/c1-21(14-15-5-2-3-8-18(15)19(25)27-21)20(26)24-11-9-23(10-12-24)17-7-4-6-16(22)13-17/h2-8,13H,9-12,14H2,1H3/t21-/m0/s1. The number of amides is 1. The van der Waals surface area contributed by atoms with Crippen molar-refractivity contribution in [2.45, 2.75) is 18.9 Å². The number of halogens is 1. The molecule has 0 spiro atoms. The van der Waals surface area contributed by atoms with Crippen molar-refractivity contribution in [2.75, 3.05) is 31.1 Å². The van der Waals surface area contributed by atoms with Crippen molar-refractivity contribution in [3.05, 3.63) is 64.7 Å². The lowest BCUT2D eigenvalue weighted by atomic mass is 9.88. The highest BCUT2D eigenvalue weighted by Gasteiger charge is 2.45. The highest BCUT2D eigenvalue weighted by molar-refractivity contribution is 6.30. The maximum absolute atomic E-state index is 13.1. The summed E-state index contributed by atoms with van der Waals surface area (Å²) in [6, 6.07) is 15.0. The van der Waals surface area contributed by atoms with Gasteiger partial charge in [-0.15, -0.1) is 0 Å². The number of benzene rings is 2. The van der Waals surface area contributed by atoms with Crippen LogP contribution in [0.15, 0.2) is 48.5 Å². The van der Waals surface area contributed by atoms with Gasteiger partial charge in [0.2, 0.25) is 0 Å². The van der Waals surface area contributed by atoms with Crippen molar-refractivity contribution in [1.82, 2.24) is 4.90 Å². The Morgan fingerprint density at radius 2 is 1.81 bits per heavy atom. The zero-order valence-electron chi connectivity index (χ0n) is 15.2. The lowest BCUT2D eigenvalue weighted by Crippen LogP contribution is -2.58. The molecule has 2 aromatic carbocycles. The maximum atomic E-state index is 13.1. The van der Waals surface area contributed by atoms with E-state index in [1.54, 1.807) is 24.0 Å². The third kappa shape index (κ3) is 3.39. The number of esters is 1. The molecule has 2 aromatic rings. The lowest BCUT2D eigenvalue weighted by molar-refractivity contribution is -0.151. The Hall–Kier alpha value is -2.53. The number of carbonyl (C=O) groups excluding carboxylic acids is 2. The Balaban J connectivity index is 1.46. The molecule has 2 aliphatic rings. The van der Waals surface area contributed by atoms with Crippen LogP contribution in [0.3, 0.4) is 0 Å². The Labute approximate surface area is 163 Å². The van der Waals surface area contributed by atoms with Crippen LogP contribution in [-0.4, -0.2) is 48.6 Å². The second kappa shape index (κ2) is 6.89. The first-order chi connectivity index (χ1) is 13.0. The second-order valence-electron chi connectivity index (χ2n) is 7.21. The molecule has 2 aliphatic heterocycles. The van der Waals surface area contributed by atoms with Gasteiger partial charge in [-0.25, -0.2) is 4.79 Å². The molecule has 2 heterocycles. The van der Waals surface area contributed by atoms with E-state index >= 15 is 0 Å². The minimum Gasteiger partial charge on any atom is -0.445 e. The predicted octanol–water partition coefficient (Wildman–Crippen LogP) is 3.16. The minimum atomic E-state index is -1.15. The molecule has 1 saturated heterocycles. The average Bonchev–Trinajstić information content (AvgIpc) is 2.67. The third-order valence-corrected chi connectivity index (χ3v) is 5.51. The number of hydrogen-bond acceptors (Lipinski definition) is 4. The van der Waals surface area contributed by atoms with Crippen LogP contribution in [0.5, 0.6) is 0 Å². The first kappa shape index (κ1) is 17.9. The van der Waals surface area contributed by atoms with E-state index in [1.165, 1.54) is 0 Å². The monoisotopic (exact) mass is 384 g/mol. The molecule has 0 saturated carbocycles. The number of rotatable bonds is 2. The van der Waals surface area contributed by atoms with Crippen LogP contribution in [0.25, 0.3) is 0 Å². The number of piperazine rings is 1. The molecule has 1 atom stereocenters. The second-order valence-corrected chi connectivity index (χ2v) is 7.65. The summed E-state index contributed by atoms with van der Waals surface area (Å²) in [5.41, 5.74) is 1.32. The molecular formula is C21H21ClN2O3. The molecule has 5 nitrogen and oxygen atoms in total. The average molecular weight is 385 g/mol. The van der Waals surface area contributed by atoms with E-state index in [0.717, 1.165) is 11.3 Å². The Bertz CT molecular complexity index is 893. The lowest BCUT2D eigenvalue weighted by Gasteiger charge is -2.41. The molecule has 6 heteroatoms. The van der Waals surface area contributed by atoms with Crippen LogP contribution in [-0.2, 0) is 16.0 Å². The zero-order valence-corrected chi connectivity index (χ0v) is 15.9. The smallest absolute Gasteiger partial charge is 0.339 e. The molecule has 4 rings (SSSR count). The normalized spacial score (nSPS) is 22.2. The van der Waals surface area contributed by atoms with Crippen molar-refractivity contribution < 1.29 is 14.3 Å². The van der Waals surface area contributed by atoms with E-state index in [9.17, 15) is 9.59 Å². The van der Waals surface area contributed by atoms with Gasteiger partial charge in [0.1, 0.15) is 0 Å². The van der Waals surface area contributed by atoms with Crippen molar-refractivity contribution >= 4 is 29.2 Å². The van der Waals surface area contributed by atoms with Crippen LogP contribution in [0.2, 0.25) is 5.02 Å². The Morgan fingerprint density at radius 3 is 2.56 bits per heavy atom. The summed E-state index contributed by atoms with van der Waals surface area (Å²) < 4.78 is 5.58. The van der Waals surface area contributed by atoms with Gasteiger partial charge in [0.15, 0.2) is 5.60 Å². The van der Waals surface area contributed by atoms with Crippen LogP contribution in [0, 0.1) is 0 Å². The van der Waals surface area contributed by atoms with E-state index in [1.807, 2.05) is 36.4 Å². The fraction of sp³-hybridized carbons (Fsp3) is 0.333. The molecular weight excluding hydrogens is 364 g/mol. The van der Waals surface area contributed by atoms with Crippen molar-refractivity contribution in [3.8, 4) is 0 Å². The molecule has 0 aromatic heterocycles. The molecule has 0 unspecified atom stereocenters. The van der Waals surface area contributed by atoms with Gasteiger partial charge < -0.3 is 14.5 Å². The first-order valence-electron chi connectivity index (χ1n) is 9.07. The van der Waals surface area contributed by atoms with E-state index in [-0.39, 0.29) is 5.91 Å². The SMILES string of the molecule is C[C@@]1(C(=O)N2CCN(c3cccc(Cl)c3)CC2)Cc2ccccc2C(=O)O1. The van der Waals surface area contributed by atoms with Crippen LogP contribution < -0.4 is 4.90 Å². The molecule has 0 aliphatic carbocycles. The predicted molar refractivity (Wildman–Crippen MR) is 104 cm³/mol. The number of anilines is 1. The summed E-state index contributed by atoms with van der Waals surface area (Å²) in [6.45, 7) is 4.31. The number of ether oxygens (including phenoxy) is 1. The molecule has 1 fully saturated rings. The van der Waals surface area contributed by atoms with E-state index in [2.05, 4.69) is 4.90 Å². The van der Waals surface area contributed by atoms with E-state index < -0.39 is 11.6 Å². The zero-order chi connectivity index (χ0) is 19.0. The van der Waals surface area contributed by atoms with Gasteiger partial charge in [-0.05, 0) is 36.8 Å². The topological polar surface area (TPSA) is 49.9 Å².